The molecule has 22 heavy (non-hydrogen) atoms. The van der Waals surface area contributed by atoms with Crippen LogP contribution in [-0.2, 0) is 6.54 Å². The molecule has 1 aromatic heterocycles. The van der Waals surface area contributed by atoms with Gasteiger partial charge in [0.25, 0.3) is 0 Å². The van der Waals surface area contributed by atoms with Crippen LogP contribution >= 0.6 is 24.0 Å². The fourth-order valence-electron chi connectivity index (χ4n) is 1.82. The number of guanidine groups is 1. The van der Waals surface area contributed by atoms with Gasteiger partial charge in [0.2, 0.25) is 0 Å². The van der Waals surface area contributed by atoms with Gasteiger partial charge in [-0.3, -0.25) is 0 Å². The normalized spacial score (nSPS) is 11.3. The third kappa shape index (κ3) is 6.00. The van der Waals surface area contributed by atoms with E-state index < -0.39 is 0 Å². The number of nitrogens with one attached hydrogen (secondary N) is 1. The summed E-state index contributed by atoms with van der Waals surface area (Å²) in [6.45, 7) is 5.80. The lowest BCUT2D eigenvalue weighted by Gasteiger charge is -2.07. The van der Waals surface area contributed by atoms with Gasteiger partial charge in [0.05, 0.1) is 12.2 Å². The van der Waals surface area contributed by atoms with Crippen LogP contribution in [-0.4, -0.2) is 27.3 Å². The molecular weight excluding hydrogens is 391 g/mol. The van der Waals surface area contributed by atoms with Crippen molar-refractivity contribution < 1.29 is 0 Å². The number of aliphatic imine (C=N–C) groups is 1. The maximum absolute atomic E-state index is 5.83. The molecule has 0 spiro atoms. The van der Waals surface area contributed by atoms with Crippen LogP contribution in [0.1, 0.15) is 25.8 Å². The molecule has 0 aliphatic rings. The van der Waals surface area contributed by atoms with Crippen molar-refractivity contribution in [2.45, 2.75) is 26.8 Å². The van der Waals surface area contributed by atoms with E-state index in [0.717, 1.165) is 24.2 Å². The van der Waals surface area contributed by atoms with Gasteiger partial charge in [-0.05, 0) is 30.0 Å². The zero-order chi connectivity index (χ0) is 15.1. The summed E-state index contributed by atoms with van der Waals surface area (Å²) < 4.78 is 1.72. The molecule has 1 aromatic carbocycles. The minimum atomic E-state index is 0. The van der Waals surface area contributed by atoms with E-state index in [0.29, 0.717) is 18.4 Å². The Balaban J connectivity index is 0.00000242. The van der Waals surface area contributed by atoms with E-state index >= 15 is 0 Å². The van der Waals surface area contributed by atoms with E-state index in [2.05, 4.69) is 34.2 Å². The van der Waals surface area contributed by atoms with Crippen LogP contribution in [0.2, 0.25) is 0 Å². The first-order valence-corrected chi connectivity index (χ1v) is 7.13. The largest absolute Gasteiger partial charge is 0.370 e. The van der Waals surface area contributed by atoms with Crippen molar-refractivity contribution in [1.82, 2.24) is 20.1 Å². The molecule has 1 heterocycles. The van der Waals surface area contributed by atoms with Gasteiger partial charge in [0, 0.05) is 6.54 Å². The average Bonchev–Trinajstić information content (AvgIpc) is 2.99. The maximum atomic E-state index is 5.83. The van der Waals surface area contributed by atoms with Crippen molar-refractivity contribution in [3.05, 3.63) is 42.5 Å². The molecule has 3 N–H and O–H groups in total. The smallest absolute Gasteiger partial charge is 0.188 e. The number of hydrogen-bond acceptors (Lipinski definition) is 3. The predicted octanol–water partition coefficient (Wildman–Crippen LogP) is 2.34. The first-order chi connectivity index (χ1) is 10.1. The third-order valence-corrected chi connectivity index (χ3v) is 3.08. The molecule has 0 saturated carbocycles. The zero-order valence-electron chi connectivity index (χ0n) is 12.9. The van der Waals surface area contributed by atoms with Crippen molar-refractivity contribution >= 4 is 29.9 Å². The van der Waals surface area contributed by atoms with Crippen LogP contribution in [0, 0.1) is 5.92 Å². The molecule has 0 amide bonds. The molecule has 6 nitrogen and oxygen atoms in total. The molecule has 0 aliphatic carbocycles. The Morgan fingerprint density at radius 1 is 1.32 bits per heavy atom. The van der Waals surface area contributed by atoms with Crippen LogP contribution in [0.15, 0.2) is 41.9 Å². The molecule has 7 heteroatoms. The Hall–Kier alpha value is -1.64. The molecule has 0 atom stereocenters. The minimum Gasteiger partial charge on any atom is -0.370 e. The van der Waals surface area contributed by atoms with Crippen molar-refractivity contribution in [2.75, 3.05) is 6.54 Å². The van der Waals surface area contributed by atoms with Gasteiger partial charge in [-0.25, -0.2) is 14.7 Å². The van der Waals surface area contributed by atoms with Gasteiger partial charge >= 0.3 is 0 Å². The van der Waals surface area contributed by atoms with E-state index in [1.165, 1.54) is 6.33 Å². The van der Waals surface area contributed by atoms with E-state index in [-0.39, 0.29) is 24.0 Å². The number of rotatable bonds is 6. The molecule has 2 aromatic rings. The summed E-state index contributed by atoms with van der Waals surface area (Å²) in [5.41, 5.74) is 7.91. The highest BCUT2D eigenvalue weighted by Gasteiger charge is 1.98. The Morgan fingerprint density at radius 2 is 2.05 bits per heavy atom. The number of benzene rings is 1. The fourth-order valence-corrected chi connectivity index (χ4v) is 1.82. The molecule has 0 saturated heterocycles. The molecular formula is C15H23IN6. The molecule has 0 radical (unpaired) electrons. The summed E-state index contributed by atoms with van der Waals surface area (Å²) in [5, 5.41) is 7.21. The minimum absolute atomic E-state index is 0. The van der Waals surface area contributed by atoms with E-state index in [1.807, 2.05) is 24.3 Å². The van der Waals surface area contributed by atoms with Gasteiger partial charge in [-0.2, -0.15) is 5.10 Å². The summed E-state index contributed by atoms with van der Waals surface area (Å²) >= 11 is 0. The Kier molecular flexibility index (Phi) is 7.86. The summed E-state index contributed by atoms with van der Waals surface area (Å²) in [7, 11) is 0. The van der Waals surface area contributed by atoms with Crippen molar-refractivity contribution in [3.8, 4) is 5.69 Å². The summed E-state index contributed by atoms with van der Waals surface area (Å²) in [4.78, 5) is 8.26. The second-order valence-corrected chi connectivity index (χ2v) is 5.32. The van der Waals surface area contributed by atoms with Crippen LogP contribution in [0.25, 0.3) is 5.69 Å². The van der Waals surface area contributed by atoms with Crippen molar-refractivity contribution in [3.63, 3.8) is 0 Å². The van der Waals surface area contributed by atoms with Crippen molar-refractivity contribution in [1.29, 1.82) is 0 Å². The molecule has 0 aliphatic heterocycles. The Labute approximate surface area is 148 Å². The topological polar surface area (TPSA) is 81.1 Å². The Morgan fingerprint density at radius 3 is 2.64 bits per heavy atom. The van der Waals surface area contributed by atoms with Gasteiger partial charge in [-0.15, -0.1) is 24.0 Å². The number of nitrogens with zero attached hydrogens (tertiary/aromatic N) is 4. The number of hydrogen-bond donors (Lipinski definition) is 2. The molecule has 0 unspecified atom stereocenters. The molecule has 0 bridgehead atoms. The van der Waals surface area contributed by atoms with Crippen LogP contribution in [0.5, 0.6) is 0 Å². The highest BCUT2D eigenvalue weighted by Crippen LogP contribution is 2.08. The lowest BCUT2D eigenvalue weighted by molar-refractivity contribution is 0.576. The predicted molar refractivity (Wildman–Crippen MR) is 99.6 cm³/mol. The summed E-state index contributed by atoms with van der Waals surface area (Å²) in [6.07, 6.45) is 4.27. The van der Waals surface area contributed by atoms with E-state index in [9.17, 15) is 0 Å². The molecule has 0 fully saturated rings. The Bertz CT molecular complexity index is 562. The second-order valence-electron chi connectivity index (χ2n) is 5.32. The molecule has 2 rings (SSSR count). The number of aromatic nitrogens is 3. The van der Waals surface area contributed by atoms with Crippen LogP contribution in [0.4, 0.5) is 0 Å². The SMILES string of the molecule is CC(C)CCNC(N)=NCc1ccc(-n2cncn2)cc1.I. The number of halogens is 1. The zero-order valence-corrected chi connectivity index (χ0v) is 15.3. The van der Waals surface area contributed by atoms with Crippen LogP contribution in [0.3, 0.4) is 0 Å². The summed E-state index contributed by atoms with van der Waals surface area (Å²) in [6, 6.07) is 8.01. The quantitative estimate of drug-likeness (QED) is 0.432. The van der Waals surface area contributed by atoms with Gasteiger partial charge < -0.3 is 11.1 Å². The summed E-state index contributed by atoms with van der Waals surface area (Å²) in [5.74, 6) is 1.16. The second kappa shape index (κ2) is 9.39. The molecule has 120 valence electrons. The first-order valence-electron chi connectivity index (χ1n) is 7.13. The first kappa shape index (κ1) is 18.4. The monoisotopic (exact) mass is 414 g/mol. The van der Waals surface area contributed by atoms with Gasteiger partial charge in [0.1, 0.15) is 12.7 Å². The standard InChI is InChI=1S/C15H22N6.HI/c1-12(2)7-8-18-15(16)19-9-13-3-5-14(6-4-13)21-11-17-10-20-21;/h3-6,10-12H,7-9H2,1-2H3,(H3,16,18,19);1H. The highest BCUT2D eigenvalue weighted by atomic mass is 127. The lowest BCUT2D eigenvalue weighted by atomic mass is 10.1. The lowest BCUT2D eigenvalue weighted by Crippen LogP contribution is -2.32. The van der Waals surface area contributed by atoms with E-state index in [1.54, 1.807) is 11.0 Å². The van der Waals surface area contributed by atoms with Gasteiger partial charge in [0.15, 0.2) is 5.96 Å². The maximum Gasteiger partial charge on any atom is 0.188 e. The number of nitrogens with two attached hydrogens (primary N) is 1. The third-order valence-electron chi connectivity index (χ3n) is 3.08. The average molecular weight is 414 g/mol. The van der Waals surface area contributed by atoms with Crippen LogP contribution < -0.4 is 11.1 Å². The van der Waals surface area contributed by atoms with Crippen molar-refractivity contribution in [2.24, 2.45) is 16.6 Å². The van der Waals surface area contributed by atoms with Gasteiger partial charge in [-0.1, -0.05) is 26.0 Å². The highest BCUT2D eigenvalue weighted by molar-refractivity contribution is 14.0. The van der Waals surface area contributed by atoms with E-state index in [4.69, 9.17) is 5.73 Å². The fraction of sp³-hybridized carbons (Fsp3) is 0.400.